The molecule has 1 amide bonds. The number of piperidine rings is 1. The lowest BCUT2D eigenvalue weighted by atomic mass is 10.2. The second-order valence-corrected chi connectivity index (χ2v) is 14.6. The van der Waals surface area contributed by atoms with Crippen molar-refractivity contribution in [2.45, 2.75) is 29.1 Å². The molecule has 2 aromatic carbocycles. The molecule has 1 heterocycles. The Kier molecular flexibility index (Phi) is 8.45. The lowest BCUT2D eigenvalue weighted by molar-refractivity contribution is -0.114. The number of nitrogens with zero attached hydrogens (tertiary/aromatic N) is 3. The van der Waals surface area contributed by atoms with E-state index < -0.39 is 42.5 Å². The molecule has 1 aliphatic rings. The molecule has 0 aliphatic carbocycles. The average molecular weight is 559 g/mol. The van der Waals surface area contributed by atoms with Crippen LogP contribution in [0.2, 0.25) is 0 Å². The third-order valence-corrected chi connectivity index (χ3v) is 10.6. The van der Waals surface area contributed by atoms with E-state index in [0.717, 1.165) is 34.1 Å². The van der Waals surface area contributed by atoms with Gasteiger partial charge in [-0.25, -0.2) is 29.6 Å². The van der Waals surface area contributed by atoms with Crippen molar-refractivity contribution in [2.75, 3.05) is 49.6 Å². The Morgan fingerprint density at radius 3 is 1.86 bits per heavy atom. The third-order valence-electron chi connectivity index (χ3n) is 5.68. The van der Waals surface area contributed by atoms with Gasteiger partial charge in [0.25, 0.3) is 0 Å². The van der Waals surface area contributed by atoms with Crippen molar-refractivity contribution in [3.8, 4) is 0 Å². The van der Waals surface area contributed by atoms with E-state index in [9.17, 15) is 30.0 Å². The SMILES string of the molecule is CN(C)S(=O)(=O)c1ccc(N(CC(=O)Nc2ccc(S(=O)(=O)N3CCCCC3)cc2)S(C)(=O)=O)cc1. The van der Waals surface area contributed by atoms with E-state index in [0.29, 0.717) is 18.8 Å². The standard InChI is InChI=1S/C22H30N4O7S3/c1-24(2)35(30,31)20-13-9-19(10-14-20)26(34(3,28)29)17-22(27)23-18-7-11-21(12-8-18)36(32,33)25-15-5-4-6-16-25/h7-14H,4-6,15-17H2,1-3H3,(H,23,27). The number of anilines is 2. The summed E-state index contributed by atoms with van der Waals surface area (Å²) in [4.78, 5) is 12.7. The van der Waals surface area contributed by atoms with Gasteiger partial charge in [-0.05, 0) is 61.4 Å². The molecule has 0 saturated carbocycles. The Balaban J connectivity index is 1.73. The molecule has 14 heteroatoms. The van der Waals surface area contributed by atoms with E-state index in [1.807, 2.05) is 0 Å². The van der Waals surface area contributed by atoms with E-state index >= 15 is 0 Å². The van der Waals surface area contributed by atoms with E-state index in [1.54, 1.807) is 0 Å². The Labute approximate surface area is 212 Å². The van der Waals surface area contributed by atoms with Crippen LogP contribution in [0.1, 0.15) is 19.3 Å². The van der Waals surface area contributed by atoms with Gasteiger partial charge >= 0.3 is 0 Å². The fourth-order valence-corrected chi connectivity index (χ4v) is 6.97. The molecular weight excluding hydrogens is 528 g/mol. The highest BCUT2D eigenvalue weighted by Crippen LogP contribution is 2.24. The first-order valence-electron chi connectivity index (χ1n) is 11.1. The van der Waals surface area contributed by atoms with Gasteiger partial charge in [0.05, 0.1) is 21.7 Å². The Morgan fingerprint density at radius 2 is 1.36 bits per heavy atom. The van der Waals surface area contributed by atoms with Gasteiger partial charge in [-0.15, -0.1) is 0 Å². The number of benzene rings is 2. The maximum atomic E-state index is 12.8. The minimum Gasteiger partial charge on any atom is -0.325 e. The summed E-state index contributed by atoms with van der Waals surface area (Å²) >= 11 is 0. The predicted octanol–water partition coefficient (Wildman–Crippen LogP) is 1.52. The van der Waals surface area contributed by atoms with Crippen LogP contribution < -0.4 is 9.62 Å². The highest BCUT2D eigenvalue weighted by Gasteiger charge is 2.26. The van der Waals surface area contributed by atoms with Gasteiger partial charge in [0, 0.05) is 32.9 Å². The van der Waals surface area contributed by atoms with Gasteiger partial charge in [-0.2, -0.15) is 4.31 Å². The lowest BCUT2D eigenvalue weighted by Crippen LogP contribution is -2.37. The summed E-state index contributed by atoms with van der Waals surface area (Å²) in [6, 6.07) is 10.8. The molecule has 1 fully saturated rings. The summed E-state index contributed by atoms with van der Waals surface area (Å²) in [7, 11) is -8.43. The van der Waals surface area contributed by atoms with Crippen LogP contribution in [0.15, 0.2) is 58.3 Å². The normalized spacial score (nSPS) is 15.6. The van der Waals surface area contributed by atoms with Gasteiger partial charge in [-0.1, -0.05) is 6.42 Å². The molecule has 0 atom stereocenters. The summed E-state index contributed by atoms with van der Waals surface area (Å²) in [6.45, 7) is 0.390. The molecule has 1 saturated heterocycles. The molecule has 1 aliphatic heterocycles. The number of rotatable bonds is 9. The van der Waals surface area contributed by atoms with Crippen LogP contribution in [-0.4, -0.2) is 79.8 Å². The van der Waals surface area contributed by atoms with Crippen LogP contribution in [0.25, 0.3) is 0 Å². The monoisotopic (exact) mass is 558 g/mol. The summed E-state index contributed by atoms with van der Waals surface area (Å²) in [5.74, 6) is -0.656. The summed E-state index contributed by atoms with van der Waals surface area (Å²) < 4.78 is 78.1. The number of sulfonamides is 3. The zero-order valence-electron chi connectivity index (χ0n) is 20.3. The molecular formula is C22H30N4O7S3. The Hall–Kier alpha value is -2.52. The third kappa shape index (κ3) is 6.42. The zero-order chi connectivity index (χ0) is 26.7. The molecule has 0 bridgehead atoms. The maximum absolute atomic E-state index is 12.8. The fourth-order valence-electron chi connectivity index (χ4n) is 3.69. The van der Waals surface area contributed by atoms with Crippen LogP contribution in [0.4, 0.5) is 11.4 Å². The molecule has 3 rings (SSSR count). The smallest absolute Gasteiger partial charge is 0.245 e. The minimum atomic E-state index is -3.88. The van der Waals surface area contributed by atoms with Crippen molar-refractivity contribution in [1.82, 2.24) is 8.61 Å². The minimum absolute atomic E-state index is 0.0197. The van der Waals surface area contributed by atoms with E-state index in [4.69, 9.17) is 0 Å². The van der Waals surface area contributed by atoms with E-state index in [-0.39, 0.29) is 15.5 Å². The van der Waals surface area contributed by atoms with Crippen molar-refractivity contribution < 1.29 is 30.0 Å². The molecule has 2 aromatic rings. The topological polar surface area (TPSA) is 141 Å². The maximum Gasteiger partial charge on any atom is 0.245 e. The molecule has 11 nitrogen and oxygen atoms in total. The van der Waals surface area contributed by atoms with Gasteiger partial charge in [0.1, 0.15) is 6.54 Å². The summed E-state index contributed by atoms with van der Waals surface area (Å²) in [5.41, 5.74) is 0.423. The van der Waals surface area contributed by atoms with Crippen molar-refractivity contribution in [3.05, 3.63) is 48.5 Å². The van der Waals surface area contributed by atoms with Gasteiger partial charge in [0.2, 0.25) is 36.0 Å². The highest BCUT2D eigenvalue weighted by molar-refractivity contribution is 7.92. The highest BCUT2D eigenvalue weighted by atomic mass is 32.2. The molecule has 0 radical (unpaired) electrons. The van der Waals surface area contributed by atoms with Crippen molar-refractivity contribution in [1.29, 1.82) is 0 Å². The van der Waals surface area contributed by atoms with E-state index in [1.165, 1.54) is 66.9 Å². The predicted molar refractivity (Wildman–Crippen MR) is 137 cm³/mol. The number of hydrogen-bond donors (Lipinski definition) is 1. The summed E-state index contributed by atoms with van der Waals surface area (Å²) in [6.07, 6.45) is 3.57. The number of carbonyl (C=O) groups excluding carboxylic acids is 1. The fraction of sp³-hybridized carbons (Fsp3) is 0.409. The van der Waals surface area contributed by atoms with Crippen LogP contribution >= 0.6 is 0 Å². The average Bonchev–Trinajstić information content (AvgIpc) is 2.83. The first-order chi connectivity index (χ1) is 16.7. The largest absolute Gasteiger partial charge is 0.325 e. The molecule has 1 N–H and O–H groups in total. The number of hydrogen-bond acceptors (Lipinski definition) is 7. The molecule has 0 aromatic heterocycles. The molecule has 0 spiro atoms. The van der Waals surface area contributed by atoms with E-state index in [2.05, 4.69) is 5.32 Å². The Bertz CT molecular complexity index is 1400. The molecule has 0 unspecified atom stereocenters. The van der Waals surface area contributed by atoms with Gasteiger partial charge in [-0.3, -0.25) is 9.10 Å². The number of carbonyl (C=O) groups is 1. The van der Waals surface area contributed by atoms with Gasteiger partial charge < -0.3 is 5.32 Å². The van der Waals surface area contributed by atoms with Crippen LogP contribution in [0, 0.1) is 0 Å². The van der Waals surface area contributed by atoms with Crippen molar-refractivity contribution in [3.63, 3.8) is 0 Å². The van der Waals surface area contributed by atoms with Crippen LogP contribution in [-0.2, 0) is 34.9 Å². The second kappa shape index (κ2) is 10.8. The first kappa shape index (κ1) is 28.1. The van der Waals surface area contributed by atoms with Crippen LogP contribution in [0.5, 0.6) is 0 Å². The van der Waals surface area contributed by atoms with Crippen molar-refractivity contribution in [2.24, 2.45) is 0 Å². The quantitative estimate of drug-likeness (QED) is 0.492. The van der Waals surface area contributed by atoms with Gasteiger partial charge in [0.15, 0.2) is 0 Å². The second-order valence-electron chi connectivity index (χ2n) is 8.59. The number of amides is 1. The molecule has 36 heavy (non-hydrogen) atoms. The number of nitrogens with one attached hydrogen (secondary N) is 1. The lowest BCUT2D eigenvalue weighted by Gasteiger charge is -2.26. The first-order valence-corrected chi connectivity index (χ1v) is 15.9. The summed E-state index contributed by atoms with van der Waals surface area (Å²) in [5, 5.41) is 2.57. The van der Waals surface area contributed by atoms with Crippen molar-refractivity contribution >= 4 is 47.4 Å². The molecule has 198 valence electrons. The zero-order valence-corrected chi connectivity index (χ0v) is 22.7. The van der Waals surface area contributed by atoms with Crippen LogP contribution in [0.3, 0.4) is 0 Å². The Morgan fingerprint density at radius 1 is 0.833 bits per heavy atom.